The van der Waals surface area contributed by atoms with Gasteiger partial charge in [-0.25, -0.2) is 13.5 Å². The lowest BCUT2D eigenvalue weighted by Crippen LogP contribution is -2.28. The Morgan fingerprint density at radius 2 is 2.07 bits per heavy atom. The van der Waals surface area contributed by atoms with Crippen LogP contribution in [0.2, 0.25) is 0 Å². The second-order valence-electron chi connectivity index (χ2n) is 6.79. The smallest absolute Gasteiger partial charge is 0.272 e. The van der Waals surface area contributed by atoms with Crippen molar-refractivity contribution in [1.29, 1.82) is 0 Å². The maximum Gasteiger partial charge on any atom is 0.272 e. The van der Waals surface area contributed by atoms with Crippen LogP contribution in [0.5, 0.6) is 0 Å². The fraction of sp³-hybridized carbons (Fsp3) is 0.250. The number of nitrogens with one attached hydrogen (secondary N) is 2. The van der Waals surface area contributed by atoms with Crippen molar-refractivity contribution in [3.05, 3.63) is 81.0 Å². The van der Waals surface area contributed by atoms with E-state index in [0.717, 1.165) is 29.3 Å². The minimum absolute atomic E-state index is 0.00844. The monoisotopic (exact) mass is 384 g/mol. The van der Waals surface area contributed by atoms with Gasteiger partial charge in [-0.05, 0) is 43.9 Å². The summed E-state index contributed by atoms with van der Waals surface area (Å²) in [5.74, 6) is -2.35. The van der Waals surface area contributed by atoms with Crippen molar-refractivity contribution in [3.8, 4) is 5.69 Å². The van der Waals surface area contributed by atoms with E-state index in [1.807, 2.05) is 0 Å². The Bertz CT molecular complexity index is 1100. The van der Waals surface area contributed by atoms with E-state index in [4.69, 9.17) is 0 Å². The molecule has 1 amide bonds. The van der Waals surface area contributed by atoms with Crippen LogP contribution in [0, 0.1) is 11.6 Å². The third-order valence-corrected chi connectivity index (χ3v) is 4.96. The number of carbonyl (C=O) groups excluding carboxylic acids is 1. The van der Waals surface area contributed by atoms with Crippen LogP contribution in [0.15, 0.2) is 41.3 Å². The molecule has 2 heterocycles. The number of benzene rings is 1. The minimum atomic E-state index is -0.992. The molecule has 4 rings (SSSR count). The Morgan fingerprint density at radius 3 is 2.82 bits per heavy atom. The van der Waals surface area contributed by atoms with Gasteiger partial charge in [0.05, 0.1) is 6.04 Å². The lowest BCUT2D eigenvalue weighted by atomic mass is 10.1. The molecule has 1 aliphatic carbocycles. The van der Waals surface area contributed by atoms with Gasteiger partial charge in [-0.15, -0.1) is 0 Å². The maximum atomic E-state index is 14.3. The van der Waals surface area contributed by atoms with Gasteiger partial charge in [-0.3, -0.25) is 9.59 Å². The normalized spacial score (nSPS) is 14.0. The number of fused-ring (bicyclic) bond motifs is 1. The number of aromatic nitrogens is 3. The summed E-state index contributed by atoms with van der Waals surface area (Å²) in [4.78, 5) is 26.6. The first-order chi connectivity index (χ1) is 13.5. The Hall–Kier alpha value is -3.29. The summed E-state index contributed by atoms with van der Waals surface area (Å²) in [6, 6.07) is 6.55. The van der Waals surface area contributed by atoms with E-state index >= 15 is 0 Å². The van der Waals surface area contributed by atoms with Gasteiger partial charge in [0.1, 0.15) is 5.69 Å². The molecule has 0 unspecified atom stereocenters. The van der Waals surface area contributed by atoms with Crippen molar-refractivity contribution in [2.24, 2.45) is 0 Å². The summed E-state index contributed by atoms with van der Waals surface area (Å²) in [5.41, 5.74) is 2.20. The molecule has 6 nitrogen and oxygen atoms in total. The maximum absolute atomic E-state index is 14.3. The van der Waals surface area contributed by atoms with E-state index in [9.17, 15) is 18.4 Å². The largest absolute Gasteiger partial charge is 0.344 e. The number of carbonyl (C=O) groups is 1. The molecule has 2 aromatic heterocycles. The quantitative estimate of drug-likeness (QED) is 0.726. The summed E-state index contributed by atoms with van der Waals surface area (Å²) in [6.45, 7) is 1.79. The lowest BCUT2D eigenvalue weighted by Gasteiger charge is -2.13. The second kappa shape index (κ2) is 7.03. The van der Waals surface area contributed by atoms with Crippen LogP contribution < -0.4 is 10.9 Å². The Morgan fingerprint density at radius 1 is 1.25 bits per heavy atom. The molecule has 0 bridgehead atoms. The fourth-order valence-electron chi connectivity index (χ4n) is 3.52. The molecule has 0 fully saturated rings. The number of rotatable bonds is 4. The predicted molar refractivity (Wildman–Crippen MR) is 98.4 cm³/mol. The highest BCUT2D eigenvalue weighted by molar-refractivity contribution is 5.94. The van der Waals surface area contributed by atoms with Crippen LogP contribution >= 0.6 is 0 Å². The molecule has 0 saturated heterocycles. The van der Waals surface area contributed by atoms with Crippen LogP contribution in [-0.2, 0) is 12.8 Å². The third kappa shape index (κ3) is 3.11. The number of hydrogen-bond donors (Lipinski definition) is 2. The molecule has 1 aliphatic rings. The summed E-state index contributed by atoms with van der Waals surface area (Å²) in [7, 11) is 0. The van der Waals surface area contributed by atoms with E-state index in [0.29, 0.717) is 12.8 Å². The van der Waals surface area contributed by atoms with Crippen molar-refractivity contribution in [1.82, 2.24) is 20.1 Å². The average molecular weight is 384 g/mol. The molecule has 2 N–H and O–H groups in total. The van der Waals surface area contributed by atoms with Crippen LogP contribution in [0.25, 0.3) is 5.69 Å². The number of aromatic amines is 1. The van der Waals surface area contributed by atoms with Crippen LogP contribution in [-0.4, -0.2) is 20.7 Å². The number of pyridine rings is 1. The standard InChI is InChI=1S/C20H18F2N4O2/c1-11(12-8-9-17(27)23-10-12)24-20(28)19-13-4-2-6-15(13)26(25-19)16-7-3-5-14(21)18(16)22/h3,5,7-11H,2,4,6H2,1H3,(H,23,27)(H,24,28)/t11-/m1/s1. The summed E-state index contributed by atoms with van der Waals surface area (Å²) < 4.78 is 29.2. The molecular weight excluding hydrogens is 366 g/mol. The van der Waals surface area contributed by atoms with E-state index in [2.05, 4.69) is 15.4 Å². The lowest BCUT2D eigenvalue weighted by molar-refractivity contribution is 0.0933. The Labute approximate surface area is 159 Å². The van der Waals surface area contributed by atoms with Crippen LogP contribution in [0.1, 0.15) is 46.7 Å². The van der Waals surface area contributed by atoms with Gasteiger partial charge in [0.15, 0.2) is 17.3 Å². The van der Waals surface area contributed by atoms with Gasteiger partial charge in [-0.2, -0.15) is 5.10 Å². The first-order valence-corrected chi connectivity index (χ1v) is 9.00. The molecule has 1 aromatic carbocycles. The number of H-pyrrole nitrogens is 1. The van der Waals surface area contributed by atoms with Gasteiger partial charge in [0.25, 0.3) is 5.91 Å². The topological polar surface area (TPSA) is 79.8 Å². The summed E-state index contributed by atoms with van der Waals surface area (Å²) in [5, 5.41) is 7.15. The van der Waals surface area contributed by atoms with E-state index in [1.54, 1.807) is 19.2 Å². The van der Waals surface area contributed by atoms with Crippen molar-refractivity contribution < 1.29 is 13.6 Å². The zero-order valence-electron chi connectivity index (χ0n) is 15.1. The van der Waals surface area contributed by atoms with Gasteiger partial charge in [0.2, 0.25) is 5.56 Å². The Kier molecular flexibility index (Phi) is 4.54. The third-order valence-electron chi connectivity index (χ3n) is 4.96. The number of halogens is 2. The van der Waals surface area contributed by atoms with Crippen molar-refractivity contribution in [2.75, 3.05) is 0 Å². The molecule has 0 radical (unpaired) electrons. The molecule has 0 spiro atoms. The highest BCUT2D eigenvalue weighted by Crippen LogP contribution is 2.29. The SMILES string of the molecule is C[C@@H](NC(=O)c1nn(-c2cccc(F)c2F)c2c1CCC2)c1ccc(=O)[nH]c1. The van der Waals surface area contributed by atoms with E-state index in [1.165, 1.54) is 22.9 Å². The first-order valence-electron chi connectivity index (χ1n) is 9.00. The zero-order valence-corrected chi connectivity index (χ0v) is 15.1. The number of amides is 1. The molecule has 0 aliphatic heterocycles. The van der Waals surface area contributed by atoms with Crippen LogP contribution in [0.3, 0.4) is 0 Å². The average Bonchev–Trinajstić information content (AvgIpc) is 3.27. The molecule has 3 aromatic rings. The van der Waals surface area contributed by atoms with Gasteiger partial charge in [0, 0.05) is 23.5 Å². The summed E-state index contributed by atoms with van der Waals surface area (Å²) in [6.07, 6.45) is 3.65. The van der Waals surface area contributed by atoms with E-state index in [-0.39, 0.29) is 23.0 Å². The molecule has 8 heteroatoms. The van der Waals surface area contributed by atoms with Gasteiger partial charge < -0.3 is 10.3 Å². The first kappa shape index (κ1) is 18.1. The molecule has 1 atom stereocenters. The molecule has 28 heavy (non-hydrogen) atoms. The van der Waals surface area contributed by atoms with Crippen molar-refractivity contribution >= 4 is 5.91 Å². The Balaban J connectivity index is 1.67. The molecule has 0 saturated carbocycles. The predicted octanol–water partition coefficient (Wildman–Crippen LogP) is 2.82. The van der Waals surface area contributed by atoms with Gasteiger partial charge in [-0.1, -0.05) is 12.1 Å². The molecule has 144 valence electrons. The summed E-state index contributed by atoms with van der Waals surface area (Å²) >= 11 is 0. The van der Waals surface area contributed by atoms with E-state index < -0.39 is 17.5 Å². The van der Waals surface area contributed by atoms with Crippen LogP contribution in [0.4, 0.5) is 8.78 Å². The zero-order chi connectivity index (χ0) is 19.8. The van der Waals surface area contributed by atoms with Gasteiger partial charge >= 0.3 is 0 Å². The minimum Gasteiger partial charge on any atom is -0.344 e. The fourth-order valence-corrected chi connectivity index (χ4v) is 3.52. The van der Waals surface area contributed by atoms with Crippen molar-refractivity contribution in [2.45, 2.75) is 32.2 Å². The van der Waals surface area contributed by atoms with Crippen molar-refractivity contribution in [3.63, 3.8) is 0 Å². The second-order valence-corrected chi connectivity index (χ2v) is 6.79. The number of nitrogens with zero attached hydrogens (tertiary/aromatic N) is 2. The highest BCUT2D eigenvalue weighted by atomic mass is 19.2. The highest BCUT2D eigenvalue weighted by Gasteiger charge is 2.29. The number of hydrogen-bond acceptors (Lipinski definition) is 3. The molecular formula is C20H18F2N4O2.